The Morgan fingerprint density at radius 2 is 1.80 bits per heavy atom. The van der Waals surface area contributed by atoms with Crippen LogP contribution in [0, 0.1) is 5.92 Å². The van der Waals surface area contributed by atoms with E-state index in [1.807, 2.05) is 0 Å². The van der Waals surface area contributed by atoms with E-state index in [4.69, 9.17) is 5.73 Å². The minimum atomic E-state index is -3.87. The van der Waals surface area contributed by atoms with E-state index in [0.717, 1.165) is 0 Å². The third-order valence-corrected chi connectivity index (χ3v) is 1.79. The summed E-state index contributed by atoms with van der Waals surface area (Å²) in [7, 11) is 0. The van der Waals surface area contributed by atoms with Gasteiger partial charge in [0.1, 0.15) is 0 Å². The Morgan fingerprint density at radius 1 is 1.30 bits per heavy atom. The van der Waals surface area contributed by atoms with Gasteiger partial charge in [0, 0.05) is 18.9 Å². The van der Waals surface area contributed by atoms with Crippen LogP contribution >= 0.6 is 0 Å². The van der Waals surface area contributed by atoms with Crippen LogP contribution in [0.3, 0.4) is 0 Å². The molecule has 1 nitrogen and oxygen atoms in total. The van der Waals surface area contributed by atoms with E-state index in [2.05, 4.69) is 0 Å². The van der Waals surface area contributed by atoms with Crippen LogP contribution in [0.15, 0.2) is 0 Å². The van der Waals surface area contributed by atoms with Gasteiger partial charge in [-0.3, -0.25) is 0 Å². The smallest absolute Gasteiger partial charge is 0.314 e. The molecule has 0 heterocycles. The molecule has 2 N–H and O–H groups in total. The Balaban J connectivity index is 2.65. The monoisotopic (exact) mass is 157 g/mol. The third kappa shape index (κ3) is 0.729. The van der Waals surface area contributed by atoms with E-state index in [9.17, 15) is 17.6 Å². The average molecular weight is 157 g/mol. The maximum atomic E-state index is 12.2. The Hall–Kier alpha value is -0.320. The molecule has 10 heavy (non-hydrogen) atoms. The second-order valence-corrected chi connectivity index (χ2v) is 2.46. The van der Waals surface area contributed by atoms with Gasteiger partial charge in [-0.1, -0.05) is 0 Å². The SMILES string of the molecule is NCC1CC(F)(F)C1(F)F. The van der Waals surface area contributed by atoms with Crippen LogP contribution in [-0.2, 0) is 0 Å². The lowest BCUT2D eigenvalue weighted by molar-refractivity contribution is -0.310. The van der Waals surface area contributed by atoms with Crippen molar-refractivity contribution in [2.75, 3.05) is 6.54 Å². The van der Waals surface area contributed by atoms with E-state index in [1.54, 1.807) is 0 Å². The van der Waals surface area contributed by atoms with E-state index < -0.39 is 24.2 Å². The van der Waals surface area contributed by atoms with E-state index in [0.29, 0.717) is 0 Å². The van der Waals surface area contributed by atoms with E-state index in [-0.39, 0.29) is 6.54 Å². The van der Waals surface area contributed by atoms with Gasteiger partial charge >= 0.3 is 11.8 Å². The molecule has 60 valence electrons. The Bertz CT molecular complexity index is 145. The van der Waals surface area contributed by atoms with Crippen molar-refractivity contribution in [2.24, 2.45) is 11.7 Å². The number of halogens is 4. The predicted molar refractivity (Wildman–Crippen MR) is 27.1 cm³/mol. The number of hydrogen-bond donors (Lipinski definition) is 1. The molecule has 0 amide bonds. The summed E-state index contributed by atoms with van der Waals surface area (Å²) < 4.78 is 48.2. The van der Waals surface area contributed by atoms with Crippen LogP contribution in [0.4, 0.5) is 17.6 Å². The molecule has 1 saturated carbocycles. The van der Waals surface area contributed by atoms with Crippen molar-refractivity contribution in [2.45, 2.75) is 18.3 Å². The van der Waals surface area contributed by atoms with Gasteiger partial charge in [0.15, 0.2) is 0 Å². The van der Waals surface area contributed by atoms with Crippen LogP contribution in [-0.4, -0.2) is 18.4 Å². The predicted octanol–water partition coefficient (Wildman–Crippen LogP) is 1.24. The zero-order chi connectivity index (χ0) is 7.99. The molecule has 0 aromatic rings. The van der Waals surface area contributed by atoms with E-state index in [1.165, 1.54) is 0 Å². The molecule has 1 unspecified atom stereocenters. The molecule has 1 rings (SSSR count). The summed E-state index contributed by atoms with van der Waals surface area (Å²) in [6, 6.07) is 0. The molecule has 0 radical (unpaired) electrons. The third-order valence-electron chi connectivity index (χ3n) is 1.79. The van der Waals surface area contributed by atoms with E-state index >= 15 is 0 Å². The summed E-state index contributed by atoms with van der Waals surface area (Å²) in [6.07, 6.45) is -0.781. The van der Waals surface area contributed by atoms with Crippen molar-refractivity contribution >= 4 is 0 Å². The molecule has 1 atom stereocenters. The van der Waals surface area contributed by atoms with Gasteiger partial charge in [-0.25, -0.2) is 0 Å². The zero-order valence-electron chi connectivity index (χ0n) is 5.08. The summed E-state index contributed by atoms with van der Waals surface area (Å²) in [5.74, 6) is -9.03. The van der Waals surface area contributed by atoms with Crippen molar-refractivity contribution in [3.05, 3.63) is 0 Å². The van der Waals surface area contributed by atoms with Gasteiger partial charge < -0.3 is 5.73 Å². The van der Waals surface area contributed by atoms with Crippen molar-refractivity contribution < 1.29 is 17.6 Å². The lowest BCUT2D eigenvalue weighted by Crippen LogP contribution is -2.60. The largest absolute Gasteiger partial charge is 0.330 e. The Labute approximate surface area is 55.2 Å². The second-order valence-electron chi connectivity index (χ2n) is 2.46. The first-order valence-corrected chi connectivity index (χ1v) is 2.87. The standard InChI is InChI=1S/C5H7F4N/c6-4(7)1-3(2-10)5(4,8)9/h3H,1-2,10H2. The molecule has 1 aliphatic carbocycles. The molecule has 0 bridgehead atoms. The summed E-state index contributed by atoms with van der Waals surface area (Å²) in [4.78, 5) is 0. The molecule has 0 aliphatic heterocycles. The van der Waals surface area contributed by atoms with Crippen molar-refractivity contribution in [1.29, 1.82) is 0 Å². The lowest BCUT2D eigenvalue weighted by Gasteiger charge is -2.43. The van der Waals surface area contributed by atoms with Gasteiger partial charge in [-0.15, -0.1) is 0 Å². The van der Waals surface area contributed by atoms with Crippen LogP contribution in [0.1, 0.15) is 6.42 Å². The van der Waals surface area contributed by atoms with Gasteiger partial charge in [0.25, 0.3) is 0 Å². The minimum absolute atomic E-state index is 0.372. The van der Waals surface area contributed by atoms with Crippen LogP contribution in [0.2, 0.25) is 0 Å². The highest BCUT2D eigenvalue weighted by Crippen LogP contribution is 2.54. The molecule has 0 aromatic carbocycles. The number of rotatable bonds is 1. The van der Waals surface area contributed by atoms with Gasteiger partial charge in [0.2, 0.25) is 0 Å². The van der Waals surface area contributed by atoms with Crippen molar-refractivity contribution in [1.82, 2.24) is 0 Å². The zero-order valence-corrected chi connectivity index (χ0v) is 5.08. The fraction of sp³-hybridized carbons (Fsp3) is 1.00. The summed E-state index contributed by atoms with van der Waals surface area (Å²) >= 11 is 0. The first kappa shape index (κ1) is 7.78. The maximum Gasteiger partial charge on any atom is 0.314 e. The average Bonchev–Trinajstić information content (AvgIpc) is 1.83. The quantitative estimate of drug-likeness (QED) is 0.569. The molecule has 5 heteroatoms. The molecule has 1 aliphatic rings. The van der Waals surface area contributed by atoms with Crippen LogP contribution in [0.25, 0.3) is 0 Å². The number of nitrogens with two attached hydrogens (primary N) is 1. The highest BCUT2D eigenvalue weighted by atomic mass is 19.3. The van der Waals surface area contributed by atoms with Gasteiger partial charge in [0.05, 0.1) is 0 Å². The summed E-state index contributed by atoms with van der Waals surface area (Å²) in [5, 5.41) is 0. The molecular weight excluding hydrogens is 150 g/mol. The molecule has 0 spiro atoms. The van der Waals surface area contributed by atoms with Crippen LogP contribution in [0.5, 0.6) is 0 Å². The van der Waals surface area contributed by atoms with Gasteiger partial charge in [-0.05, 0) is 0 Å². The second kappa shape index (κ2) is 1.84. The topological polar surface area (TPSA) is 26.0 Å². The van der Waals surface area contributed by atoms with Crippen LogP contribution < -0.4 is 5.73 Å². The van der Waals surface area contributed by atoms with Gasteiger partial charge in [-0.2, -0.15) is 17.6 Å². The molecule has 0 saturated heterocycles. The fourth-order valence-corrected chi connectivity index (χ4v) is 0.973. The molecule has 1 fully saturated rings. The minimum Gasteiger partial charge on any atom is -0.330 e. The Kier molecular flexibility index (Phi) is 1.43. The molecular formula is C5H7F4N. The summed E-state index contributed by atoms with van der Waals surface area (Å²) in [5.41, 5.74) is 4.82. The molecule has 0 aromatic heterocycles. The lowest BCUT2D eigenvalue weighted by atomic mass is 9.77. The fourth-order valence-electron chi connectivity index (χ4n) is 0.973. The highest BCUT2D eigenvalue weighted by molar-refractivity contribution is 5.03. The van der Waals surface area contributed by atoms with Crippen molar-refractivity contribution in [3.8, 4) is 0 Å². The number of hydrogen-bond acceptors (Lipinski definition) is 1. The maximum absolute atomic E-state index is 12.2. The normalized spacial score (nSPS) is 35.1. The Morgan fingerprint density at radius 3 is 1.90 bits per heavy atom. The summed E-state index contributed by atoms with van der Waals surface area (Å²) in [6.45, 7) is -0.372. The first-order chi connectivity index (χ1) is 4.42. The van der Waals surface area contributed by atoms with Crippen molar-refractivity contribution in [3.63, 3.8) is 0 Å². The first-order valence-electron chi connectivity index (χ1n) is 2.87. The highest BCUT2D eigenvalue weighted by Gasteiger charge is 2.70. The number of alkyl halides is 4.